The van der Waals surface area contributed by atoms with Crippen LogP contribution in [-0.2, 0) is 33.2 Å². The van der Waals surface area contributed by atoms with Gasteiger partial charge in [-0.3, -0.25) is 29.2 Å². The maximum absolute atomic E-state index is 12.1. The van der Waals surface area contributed by atoms with E-state index in [9.17, 15) is 43.5 Å². The summed E-state index contributed by atoms with van der Waals surface area (Å²) in [5.74, 6) is 16.3. The second kappa shape index (κ2) is 58.5. The molecule has 7 N–H and O–H groups in total. The molecule has 0 radical (unpaired) electrons. The third kappa shape index (κ3) is 43.3. The third-order valence-corrected chi connectivity index (χ3v) is 21.9. The van der Waals surface area contributed by atoms with Crippen LogP contribution in [0.4, 0.5) is 20.2 Å². The lowest BCUT2D eigenvalue weighted by molar-refractivity contribution is -0.125. The molecule has 4 aliphatic heterocycles. The molecule has 4 aromatic carbocycles. The first-order valence-electron chi connectivity index (χ1n) is 44.2. The number of methoxy groups -OCH3 is 8. The monoisotopic (exact) mass is 2230 g/mol. The van der Waals surface area contributed by atoms with Crippen molar-refractivity contribution in [3.8, 4) is 81.6 Å². The number of nitrogens with one attached hydrogen (secondary N) is 2. The molecular formula is C98H133BrI2N14O23Si. The van der Waals surface area contributed by atoms with Crippen LogP contribution < -0.4 is 49.4 Å². The Balaban J connectivity index is 0.000000334. The fourth-order valence-electron chi connectivity index (χ4n) is 12.3. The fraction of sp³-hybridized carbons (Fsp3) is 0.469. The largest absolute Gasteiger partial charge is 0.497 e. The number of likely N-dealkylation sites (tertiary alicyclic amines) is 4. The molecule has 0 bridgehead atoms. The first-order valence-corrected chi connectivity index (χ1v) is 50.6. The summed E-state index contributed by atoms with van der Waals surface area (Å²) in [6.07, 6.45) is 14.7. The number of amides is 5. The number of anilines is 1. The summed E-state index contributed by atoms with van der Waals surface area (Å²) in [7, 11) is 11.5. The summed E-state index contributed by atoms with van der Waals surface area (Å²) in [5.41, 5.74) is 17.0. The topological polar surface area (TPSA) is 444 Å². The van der Waals surface area contributed by atoms with E-state index in [0.717, 1.165) is 70.9 Å². The van der Waals surface area contributed by atoms with Gasteiger partial charge in [0, 0.05) is 110 Å². The van der Waals surface area contributed by atoms with Crippen molar-refractivity contribution in [2.45, 2.75) is 170 Å². The normalized spacial score (nSPS) is 14.8. The SMILES string of the molecule is C#Cc1cc(OC)cc(OC)c1.C=CC(=O)N1CC[C@H](n2cc(C(N)=O)c(C#Cc3cc(OC)cc(OC)c3)n2)C1.CC(C)(C)OC(=O)N1CC[C@@H](O)C1.CCOC(=O)c1cn([C@H]2CCN(C(=O)OC(C)(C)C)C2)nc1I.CCOC(=O)c1cn[nH]c1I.CCOC(=O)c1cn[nH]c1N.COc1cc(Br)cc(OC)c1.COc1cc(C#C[Si](C)(C)C)cc(OC)c1.C[C@@H]1CCN(C(=O)OC(C)(C)C)C1. The van der Waals surface area contributed by atoms with Crippen LogP contribution in [0.3, 0.4) is 0 Å². The average Bonchev–Trinajstić information content (AvgIpc) is 1.70. The van der Waals surface area contributed by atoms with Gasteiger partial charge in [0.1, 0.15) is 106 Å². The molecule has 4 fully saturated rings. The van der Waals surface area contributed by atoms with Gasteiger partial charge in [0.2, 0.25) is 5.91 Å². The molecule has 0 spiro atoms. The molecule has 4 atom stereocenters. The quantitative estimate of drug-likeness (QED) is 0.0133. The van der Waals surface area contributed by atoms with E-state index in [-0.39, 0.29) is 82.6 Å². The van der Waals surface area contributed by atoms with Crippen molar-refractivity contribution in [1.82, 2.24) is 59.6 Å². The Hall–Kier alpha value is -12.4. The van der Waals surface area contributed by atoms with Crippen molar-refractivity contribution in [2.75, 3.05) is 135 Å². The smallest absolute Gasteiger partial charge is 0.410 e. The number of carbonyl (C=O) groups excluding carboxylic acids is 8. The number of carbonyl (C=O) groups is 8. The molecule has 5 amide bonds. The molecule has 8 aromatic rings. The van der Waals surface area contributed by atoms with E-state index in [2.05, 4.69) is 114 Å². The minimum absolute atomic E-state index is 0.0409. The molecule has 139 heavy (non-hydrogen) atoms. The van der Waals surface area contributed by atoms with E-state index >= 15 is 0 Å². The van der Waals surface area contributed by atoms with Crippen molar-refractivity contribution in [1.29, 1.82) is 0 Å². The third-order valence-electron chi connectivity index (χ3n) is 19.0. The van der Waals surface area contributed by atoms with Gasteiger partial charge in [0.05, 0.1) is 113 Å². The second-order valence-corrected chi connectivity index (χ2v) is 42.5. The maximum Gasteiger partial charge on any atom is 0.410 e. The fourth-order valence-corrected chi connectivity index (χ4v) is 14.3. The maximum atomic E-state index is 12.1. The van der Waals surface area contributed by atoms with E-state index in [1.54, 1.807) is 151 Å². The lowest BCUT2D eigenvalue weighted by Gasteiger charge is -2.24. The minimum Gasteiger partial charge on any atom is -0.497 e. The van der Waals surface area contributed by atoms with E-state index < -0.39 is 31.2 Å². The van der Waals surface area contributed by atoms with Crippen LogP contribution in [0.2, 0.25) is 19.6 Å². The summed E-state index contributed by atoms with van der Waals surface area (Å²) >= 11 is 7.35. The number of hydrogen-bond donors (Lipinski definition) is 5. The van der Waals surface area contributed by atoms with Crippen LogP contribution in [0, 0.1) is 49.0 Å². The highest BCUT2D eigenvalue weighted by molar-refractivity contribution is 14.1. The molecule has 37 nitrogen and oxygen atoms in total. The number of nitrogens with two attached hydrogens (primary N) is 2. The van der Waals surface area contributed by atoms with Gasteiger partial charge in [0.25, 0.3) is 5.91 Å². The van der Waals surface area contributed by atoms with Crippen LogP contribution in [0.15, 0.2) is 115 Å². The average molecular weight is 2240 g/mol. The molecule has 0 aliphatic carbocycles. The Morgan fingerprint density at radius 2 is 0.878 bits per heavy atom. The second-order valence-electron chi connectivity index (χ2n) is 34.7. The number of primary amides is 1. The number of nitrogen functional groups attached to an aromatic ring is 1. The number of β-amino-alcohol motifs (C(OH)–C–C–N with tert-alkyl or cyclic N) is 1. The summed E-state index contributed by atoms with van der Waals surface area (Å²) in [6.45, 7) is 40.3. The lowest BCUT2D eigenvalue weighted by atomic mass is 10.2. The predicted molar refractivity (Wildman–Crippen MR) is 550 cm³/mol. The molecule has 4 aliphatic rings. The van der Waals surface area contributed by atoms with Crippen LogP contribution in [-0.4, -0.2) is 273 Å². The Bertz CT molecular complexity index is 5340. The van der Waals surface area contributed by atoms with Gasteiger partial charge in [-0.1, -0.05) is 66.8 Å². The molecule has 0 saturated carbocycles. The number of H-pyrrole nitrogens is 2. The molecule has 8 heterocycles. The van der Waals surface area contributed by atoms with Crippen molar-refractivity contribution in [2.24, 2.45) is 11.7 Å². The first-order chi connectivity index (χ1) is 65.4. The number of halogens is 3. The van der Waals surface area contributed by atoms with Crippen molar-refractivity contribution in [3.63, 3.8) is 0 Å². The number of aromatic amines is 2. The van der Waals surface area contributed by atoms with Gasteiger partial charge >= 0.3 is 36.2 Å². The van der Waals surface area contributed by atoms with Crippen molar-refractivity contribution >= 4 is 123 Å². The summed E-state index contributed by atoms with van der Waals surface area (Å²) < 4.78 is 76.9. The van der Waals surface area contributed by atoms with E-state index in [1.165, 1.54) is 23.4 Å². The van der Waals surface area contributed by atoms with Crippen LogP contribution in [0.25, 0.3) is 0 Å². The first kappa shape index (κ1) is 119. The summed E-state index contributed by atoms with van der Waals surface area (Å²) in [4.78, 5) is 99.2. The highest BCUT2D eigenvalue weighted by Crippen LogP contribution is 2.31. The molecule has 4 saturated heterocycles. The summed E-state index contributed by atoms with van der Waals surface area (Å²) in [6, 6.07) is 21.9. The van der Waals surface area contributed by atoms with Crippen molar-refractivity contribution < 1.29 is 110 Å². The number of benzene rings is 4. The molecule has 4 aromatic heterocycles. The zero-order valence-electron chi connectivity index (χ0n) is 83.7. The predicted octanol–water partition coefficient (Wildman–Crippen LogP) is 15.9. The molecule has 758 valence electrons. The van der Waals surface area contributed by atoms with E-state index in [0.29, 0.717) is 119 Å². The van der Waals surface area contributed by atoms with Crippen LogP contribution in [0.1, 0.15) is 192 Å². The Morgan fingerprint density at radius 1 is 0.511 bits per heavy atom. The van der Waals surface area contributed by atoms with Crippen LogP contribution in [0.5, 0.6) is 46.0 Å². The number of aliphatic hydroxyl groups is 1. The van der Waals surface area contributed by atoms with E-state index in [1.807, 2.05) is 144 Å². The number of nitrogens with zero attached hydrogens (tertiary/aromatic N) is 10. The zero-order chi connectivity index (χ0) is 104. The number of hydrogen-bond acceptors (Lipinski definition) is 28. The minimum atomic E-state index is -1.34. The van der Waals surface area contributed by atoms with Gasteiger partial charge in [-0.05, 0) is 220 Å². The van der Waals surface area contributed by atoms with Gasteiger partial charge in [-0.15, -0.1) is 12.0 Å². The molecule has 12 rings (SSSR count). The van der Waals surface area contributed by atoms with Gasteiger partial charge in [-0.25, -0.2) is 28.8 Å². The Morgan fingerprint density at radius 3 is 1.24 bits per heavy atom. The zero-order valence-corrected chi connectivity index (χ0v) is 90.6. The Labute approximate surface area is 851 Å². The number of terminal acetylenes is 1. The number of aromatic nitrogens is 8. The van der Waals surface area contributed by atoms with E-state index in [4.69, 9.17) is 79.5 Å². The number of rotatable bonds is 18. The standard InChI is InChI=1S/C21H22N4O4.C15H22IN3O4.C13H18O2Si.C10H19NO2.C10H10O2.C9H17NO3.C8H9BrO2.C6H7IN2O2.C6H9N3O2/c1-4-20(26)24-8-7-15(12-24)25-13-18(21(22)27)19(23-25)6-5-14-9-16(28-2)11-17(10-14)29-3;1-5-22-13(20)11-9-19(17-12(11)16)10-6-7-18(8-10)14(21)23-15(2,3)4;1-14-12-8-11(6-7-16(3,4)5)9-13(10-12)15-2;1-8-5-6-11(7-8)9(12)13-10(2,3)4;1-4-8-5-9(11-2)7-10(6-8)12-3;1-9(2,3)13-8(12)10-5-4-7(11)6-10;1-10-7-3-6(9)4-8(5-7)11-2;2*1-2-11-6(10)4-3-8-9-5(4)7/h4,9-11,13,15H,1,7-8,12H2,2-3H3,(H2,22,27);9-10H,5-8H2,1-4H3;8-10H,1-5H3;8H,5-7H2,1-4H3;1,5-7H,2-3H3;7,11H,4-6H2,1-3H3;3-5H,1-2H3;3H,2H2,1H3,(H,8,9);3H,2H2,1H3,(H3,7,8,9)/t15-;10-;;8-;;7-;;;/m00.1.1.../s1. The number of esters is 3. The Kier molecular flexibility index (Phi) is 50.0. The van der Waals surface area contributed by atoms with Gasteiger partial charge in [0.15, 0.2) is 0 Å². The summed E-state index contributed by atoms with van der Waals surface area (Å²) in [5, 5.41) is 30.4. The van der Waals surface area contributed by atoms with Gasteiger partial charge < -0.3 is 102 Å². The molecular weight excluding hydrogens is 2100 g/mol. The van der Waals surface area contributed by atoms with Crippen molar-refractivity contribution in [3.05, 3.63) is 167 Å². The highest BCUT2D eigenvalue weighted by atomic mass is 127. The molecule has 0 unspecified atom stereocenters. The molecule has 41 heteroatoms. The number of aliphatic hydroxyl groups excluding tert-OH is 1. The lowest BCUT2D eigenvalue weighted by Crippen LogP contribution is -2.35. The van der Waals surface area contributed by atoms with Crippen LogP contribution >= 0.6 is 61.1 Å². The number of ether oxygens (including phenoxy) is 14. The highest BCUT2D eigenvalue weighted by Gasteiger charge is 2.35. The van der Waals surface area contributed by atoms with Gasteiger partial charge in [-0.2, -0.15) is 20.4 Å².